The van der Waals surface area contributed by atoms with Crippen LogP contribution in [0.3, 0.4) is 0 Å². The Hall–Kier alpha value is -7.19. The van der Waals surface area contributed by atoms with Crippen molar-refractivity contribution in [2.75, 3.05) is 11.9 Å². The number of aliphatic hydroxyl groups excluding tert-OH is 1. The number of carbonyl (C=O) groups excluding carboxylic acids is 5. The molecule has 0 spiro atoms. The highest BCUT2D eigenvalue weighted by Crippen LogP contribution is 2.40. The molecular weight excluding hydrogens is 797 g/mol. The summed E-state index contributed by atoms with van der Waals surface area (Å²) in [6.45, 7) is 1.21. The summed E-state index contributed by atoms with van der Waals surface area (Å²) < 4.78 is 4.19. The molecule has 0 radical (unpaired) electrons. The largest absolute Gasteiger partial charge is 0.393 e. The number of hydrogen-bond donors (Lipinski definition) is 5. The molecule has 14 nitrogen and oxygen atoms in total. The maximum atomic E-state index is 13.4. The van der Waals surface area contributed by atoms with Gasteiger partial charge in [-0.2, -0.15) is 0 Å². The van der Waals surface area contributed by atoms with E-state index in [0.717, 1.165) is 62.3 Å². The summed E-state index contributed by atoms with van der Waals surface area (Å²) in [5.41, 5.74) is 7.88. The van der Waals surface area contributed by atoms with Crippen molar-refractivity contribution in [3.8, 4) is 22.4 Å². The van der Waals surface area contributed by atoms with Gasteiger partial charge in [-0.1, -0.05) is 91.0 Å². The number of hydrogen-bond acceptors (Lipinski definition) is 9. The summed E-state index contributed by atoms with van der Waals surface area (Å²) >= 11 is 0. The van der Waals surface area contributed by atoms with Crippen LogP contribution in [-0.2, 0) is 27.5 Å². The zero-order valence-electron chi connectivity index (χ0n) is 34.7. The van der Waals surface area contributed by atoms with Crippen molar-refractivity contribution < 1.29 is 29.1 Å². The van der Waals surface area contributed by atoms with E-state index < -0.39 is 29.7 Å². The number of aromatic nitrogens is 3. The smallest absolute Gasteiger partial charge is 0.264 e. The standard InChI is InChI=1S/C49H48N8O6/c50-45-43-41(32-9-3-1-4-10-32)44(33-11-5-2-6-12-33)55(46(43)53-29-56(45)34-20-22-35(58)23-21-34)28-31-18-16-30(17-19-31)27-52-39(59)15-8-26-51-37-14-7-13-36-42(37)49(63)57(48(36)62)38-24-25-40(60)54-47(38)61/h1-7,9-14,16-19,29,34-35,38,50-51,58H,8,15,20-28H2,(H,52,59)(H,54,60,61). The summed E-state index contributed by atoms with van der Waals surface area (Å²) in [7, 11) is 0. The number of piperidine rings is 1. The molecule has 9 rings (SSSR count). The van der Waals surface area contributed by atoms with Crippen LogP contribution in [0, 0.1) is 5.41 Å². The molecular formula is C49H48N8O6. The normalized spacial score (nSPS) is 18.7. The van der Waals surface area contributed by atoms with Crippen LogP contribution in [0.2, 0.25) is 0 Å². The Morgan fingerprint density at radius 3 is 2.21 bits per heavy atom. The second-order valence-corrected chi connectivity index (χ2v) is 16.5. The van der Waals surface area contributed by atoms with Crippen LogP contribution < -0.4 is 21.4 Å². The van der Waals surface area contributed by atoms with Gasteiger partial charge in [-0.25, -0.2) is 4.98 Å². The van der Waals surface area contributed by atoms with Gasteiger partial charge < -0.3 is 24.9 Å². The molecule has 1 saturated heterocycles. The second kappa shape index (κ2) is 17.7. The molecule has 14 heteroatoms. The molecule has 5 amide bonds. The van der Waals surface area contributed by atoms with Crippen LogP contribution >= 0.6 is 0 Å². The van der Waals surface area contributed by atoms with Gasteiger partial charge >= 0.3 is 0 Å². The van der Waals surface area contributed by atoms with Crippen molar-refractivity contribution >= 4 is 46.3 Å². The molecule has 4 heterocycles. The highest BCUT2D eigenvalue weighted by Gasteiger charge is 2.45. The van der Waals surface area contributed by atoms with Crippen LogP contribution in [0.1, 0.15) is 89.3 Å². The summed E-state index contributed by atoms with van der Waals surface area (Å²) in [6.07, 6.45) is 5.31. The van der Waals surface area contributed by atoms with E-state index in [9.17, 15) is 34.5 Å². The first kappa shape index (κ1) is 41.2. The van der Waals surface area contributed by atoms with Crippen molar-refractivity contribution in [2.24, 2.45) is 0 Å². The Labute approximate surface area is 363 Å². The van der Waals surface area contributed by atoms with E-state index in [1.165, 1.54) is 0 Å². The lowest BCUT2D eigenvalue weighted by Gasteiger charge is -2.27. The third-order valence-corrected chi connectivity index (χ3v) is 12.4. The Balaban J connectivity index is 0.870. The van der Waals surface area contributed by atoms with Crippen LogP contribution in [-0.4, -0.2) is 72.4 Å². The number of nitrogens with one attached hydrogen (secondary N) is 4. The fourth-order valence-electron chi connectivity index (χ4n) is 9.19. The fraction of sp³-hybridized carbons (Fsp3) is 0.286. The van der Waals surface area contributed by atoms with Crippen LogP contribution in [0.15, 0.2) is 109 Å². The fourth-order valence-corrected chi connectivity index (χ4v) is 9.19. The average molecular weight is 845 g/mol. The lowest BCUT2D eigenvalue weighted by atomic mass is 9.93. The second-order valence-electron chi connectivity index (χ2n) is 16.5. The van der Waals surface area contributed by atoms with Gasteiger partial charge in [-0.15, -0.1) is 0 Å². The zero-order valence-corrected chi connectivity index (χ0v) is 34.7. The maximum Gasteiger partial charge on any atom is 0.264 e. The van der Waals surface area contributed by atoms with Crippen molar-refractivity contribution in [3.05, 3.63) is 137 Å². The zero-order chi connectivity index (χ0) is 43.6. The maximum absolute atomic E-state index is 13.4. The van der Waals surface area contributed by atoms with Crippen molar-refractivity contribution in [1.29, 1.82) is 5.41 Å². The van der Waals surface area contributed by atoms with Gasteiger partial charge in [0.05, 0.1) is 34.6 Å². The van der Waals surface area contributed by atoms with Gasteiger partial charge in [0.15, 0.2) is 0 Å². The SMILES string of the molecule is N=c1c2c(-c3ccccc3)c(-c3ccccc3)n(Cc3ccc(CNC(=O)CCCNc4cccc5c4C(=O)N(C4CCC(=O)NC4=O)C5=O)cc3)c2ncn1C1CCC(O)CC1. The number of anilines is 1. The van der Waals surface area contributed by atoms with Crippen molar-refractivity contribution in [1.82, 2.24) is 29.7 Å². The number of benzene rings is 4. The van der Waals surface area contributed by atoms with Crippen LogP contribution in [0.5, 0.6) is 0 Å². The van der Waals surface area contributed by atoms with Gasteiger partial charge in [0.25, 0.3) is 11.8 Å². The molecule has 320 valence electrons. The summed E-state index contributed by atoms with van der Waals surface area (Å²) in [6, 6.07) is 32.5. The van der Waals surface area contributed by atoms with Gasteiger partial charge in [-0.3, -0.25) is 39.6 Å². The van der Waals surface area contributed by atoms with E-state index in [4.69, 9.17) is 4.98 Å². The Kier molecular flexibility index (Phi) is 11.5. The molecule has 1 aliphatic carbocycles. The van der Waals surface area contributed by atoms with Crippen molar-refractivity contribution in [3.63, 3.8) is 0 Å². The third kappa shape index (κ3) is 8.17. The molecule has 0 bridgehead atoms. The number of amides is 5. The van der Waals surface area contributed by atoms with Crippen LogP contribution in [0.4, 0.5) is 5.69 Å². The van der Waals surface area contributed by atoms with Gasteiger partial charge in [0.1, 0.15) is 17.2 Å². The molecule has 6 aromatic rings. The molecule has 3 aliphatic rings. The molecule has 2 aliphatic heterocycles. The predicted octanol–water partition coefficient (Wildman–Crippen LogP) is 6.09. The highest BCUT2D eigenvalue weighted by atomic mass is 16.3. The minimum Gasteiger partial charge on any atom is -0.393 e. The number of aliphatic hydroxyl groups is 1. The summed E-state index contributed by atoms with van der Waals surface area (Å²) in [5.74, 6) is -2.38. The molecule has 1 atom stereocenters. The number of carbonyl (C=O) groups is 5. The summed E-state index contributed by atoms with van der Waals surface area (Å²) in [4.78, 5) is 69.6. The minimum atomic E-state index is -1.05. The first-order valence-electron chi connectivity index (χ1n) is 21.6. The van der Waals surface area contributed by atoms with Crippen LogP contribution in [0.25, 0.3) is 33.4 Å². The van der Waals surface area contributed by atoms with E-state index in [-0.39, 0.29) is 48.4 Å². The molecule has 2 aromatic heterocycles. The van der Waals surface area contributed by atoms with Gasteiger partial charge in [0.2, 0.25) is 17.7 Å². The number of rotatable bonds is 13. The molecule has 1 unspecified atom stereocenters. The predicted molar refractivity (Wildman–Crippen MR) is 236 cm³/mol. The molecule has 1 saturated carbocycles. The van der Waals surface area contributed by atoms with Gasteiger partial charge in [-0.05, 0) is 72.9 Å². The van der Waals surface area contributed by atoms with E-state index >= 15 is 0 Å². The first-order chi connectivity index (χ1) is 30.7. The lowest BCUT2D eigenvalue weighted by molar-refractivity contribution is -0.136. The topological polar surface area (TPSA) is 192 Å². The van der Waals surface area contributed by atoms with E-state index in [1.54, 1.807) is 24.5 Å². The lowest BCUT2D eigenvalue weighted by Crippen LogP contribution is -2.54. The molecule has 63 heavy (non-hydrogen) atoms. The Morgan fingerprint density at radius 1 is 0.794 bits per heavy atom. The average Bonchev–Trinajstić information content (AvgIpc) is 3.76. The van der Waals surface area contributed by atoms with Crippen molar-refractivity contribution in [2.45, 2.75) is 82.6 Å². The molecule has 5 N–H and O–H groups in total. The number of imide groups is 2. The first-order valence-corrected chi connectivity index (χ1v) is 21.6. The third-order valence-electron chi connectivity index (χ3n) is 12.4. The Morgan fingerprint density at radius 2 is 1.49 bits per heavy atom. The van der Waals surface area contributed by atoms with E-state index in [0.29, 0.717) is 50.1 Å². The molecule has 4 aromatic carbocycles. The number of nitrogens with zero attached hydrogens (tertiary/aromatic N) is 4. The molecule has 2 fully saturated rings. The van der Waals surface area contributed by atoms with E-state index in [2.05, 4.69) is 56.9 Å². The van der Waals surface area contributed by atoms with Gasteiger partial charge in [0, 0.05) is 49.8 Å². The Bertz CT molecular complexity index is 2790. The minimum absolute atomic E-state index is 0.0437. The summed E-state index contributed by atoms with van der Waals surface area (Å²) in [5, 5.41) is 29.0. The van der Waals surface area contributed by atoms with E-state index in [1.807, 2.05) is 53.1 Å². The number of fused-ring (bicyclic) bond motifs is 2. The highest BCUT2D eigenvalue weighted by molar-refractivity contribution is 6.25. The monoisotopic (exact) mass is 844 g/mol. The quantitative estimate of drug-likeness (QED) is 0.0682.